The number of amides is 2. The van der Waals surface area contributed by atoms with E-state index in [1.807, 2.05) is 13.8 Å². The van der Waals surface area contributed by atoms with Gasteiger partial charge in [0.05, 0.1) is 6.04 Å². The molecule has 3 aliphatic rings. The van der Waals surface area contributed by atoms with Crippen LogP contribution in [0, 0.1) is 23.7 Å². The molecule has 30 heavy (non-hydrogen) atoms. The summed E-state index contributed by atoms with van der Waals surface area (Å²) in [6, 6.07) is -1.63. The highest BCUT2D eigenvalue weighted by Crippen LogP contribution is 2.35. The van der Waals surface area contributed by atoms with Gasteiger partial charge in [-0.05, 0) is 49.4 Å². The first kappa shape index (κ1) is 22.8. The fourth-order valence-electron chi connectivity index (χ4n) is 5.21. The number of carbonyl (C=O) groups excluding carboxylic acids is 3. The molecule has 2 N–H and O–H groups in total. The highest BCUT2D eigenvalue weighted by molar-refractivity contribution is 6.35. The second-order valence-electron chi connectivity index (χ2n) is 9.85. The Kier molecular flexibility index (Phi) is 7.53. The van der Waals surface area contributed by atoms with Crippen LogP contribution in [0.25, 0.3) is 0 Å². The summed E-state index contributed by atoms with van der Waals surface area (Å²) < 4.78 is 0. The summed E-state index contributed by atoms with van der Waals surface area (Å²) in [5.74, 6) is -1.91. The third-order valence-electron chi connectivity index (χ3n) is 7.19. The van der Waals surface area contributed by atoms with E-state index in [9.17, 15) is 19.2 Å². The Labute approximate surface area is 179 Å². The minimum Gasteiger partial charge on any atom is -0.475 e. The smallest absolute Gasteiger partial charge is 0.374 e. The van der Waals surface area contributed by atoms with E-state index in [-0.39, 0.29) is 23.7 Å². The van der Waals surface area contributed by atoms with Gasteiger partial charge in [-0.25, -0.2) is 4.79 Å². The standard InChI is InChI=1S/C23H36N2O5/c1-14(2)17-10-11-25(19(26)13-15-6-4-3-5-7-15)20(17)22(28)24-18(12-16-8-9-16)21(27)23(29)30/h14-18,20H,3-13H2,1-2H3,(H,24,28)(H,29,30)/t17-,18?,20+/m1/s1. The maximum atomic E-state index is 13.3. The third-order valence-corrected chi connectivity index (χ3v) is 7.19. The van der Waals surface area contributed by atoms with Crippen molar-refractivity contribution in [1.29, 1.82) is 0 Å². The van der Waals surface area contributed by atoms with Gasteiger partial charge in [-0.2, -0.15) is 0 Å². The molecule has 168 valence electrons. The van der Waals surface area contributed by atoms with E-state index in [0.717, 1.165) is 44.9 Å². The zero-order valence-electron chi connectivity index (χ0n) is 18.3. The van der Waals surface area contributed by atoms with Crippen LogP contribution >= 0.6 is 0 Å². The first-order chi connectivity index (χ1) is 14.3. The molecule has 0 aromatic rings. The Morgan fingerprint density at radius 1 is 0.967 bits per heavy atom. The molecule has 2 amide bonds. The van der Waals surface area contributed by atoms with Crippen molar-refractivity contribution in [3.05, 3.63) is 0 Å². The molecule has 0 radical (unpaired) electrons. The van der Waals surface area contributed by atoms with Gasteiger partial charge in [-0.15, -0.1) is 0 Å². The normalized spacial score (nSPS) is 25.9. The van der Waals surface area contributed by atoms with Crippen LogP contribution in [0.15, 0.2) is 0 Å². The molecule has 0 aromatic heterocycles. The zero-order chi connectivity index (χ0) is 21.8. The maximum Gasteiger partial charge on any atom is 0.374 e. The van der Waals surface area contributed by atoms with Gasteiger partial charge >= 0.3 is 5.97 Å². The SMILES string of the molecule is CC(C)[C@H]1CCN(C(=O)CC2CCCCC2)[C@@H]1C(=O)NC(CC1CC1)C(=O)C(=O)O. The summed E-state index contributed by atoms with van der Waals surface area (Å²) in [7, 11) is 0. The fraction of sp³-hybridized carbons (Fsp3) is 0.826. The third kappa shape index (κ3) is 5.61. The Balaban J connectivity index is 1.71. The number of nitrogens with one attached hydrogen (secondary N) is 1. The number of Topliss-reactive ketones (excluding diaryl/α,β-unsaturated/α-hetero) is 1. The monoisotopic (exact) mass is 420 g/mol. The van der Waals surface area contributed by atoms with Crippen molar-refractivity contribution >= 4 is 23.6 Å². The molecule has 0 spiro atoms. The number of carboxylic acid groups (broad SMARTS) is 1. The minimum atomic E-state index is -1.52. The molecular formula is C23H36N2O5. The Morgan fingerprint density at radius 2 is 1.63 bits per heavy atom. The van der Waals surface area contributed by atoms with Crippen LogP contribution in [-0.2, 0) is 19.2 Å². The van der Waals surface area contributed by atoms with E-state index in [2.05, 4.69) is 5.32 Å². The lowest BCUT2D eigenvalue weighted by Crippen LogP contribution is -2.54. The van der Waals surface area contributed by atoms with Crippen molar-refractivity contribution in [1.82, 2.24) is 10.2 Å². The highest BCUT2D eigenvalue weighted by atomic mass is 16.4. The number of likely N-dealkylation sites (tertiary alicyclic amines) is 1. The van der Waals surface area contributed by atoms with E-state index < -0.39 is 23.8 Å². The van der Waals surface area contributed by atoms with E-state index in [4.69, 9.17) is 5.11 Å². The van der Waals surface area contributed by atoms with Crippen molar-refractivity contribution in [2.45, 2.75) is 90.1 Å². The summed E-state index contributed by atoms with van der Waals surface area (Å²) in [6.45, 7) is 4.64. The van der Waals surface area contributed by atoms with Gasteiger partial charge in [0.15, 0.2) is 0 Å². The van der Waals surface area contributed by atoms with Gasteiger partial charge in [0.2, 0.25) is 11.8 Å². The lowest BCUT2D eigenvalue weighted by Gasteiger charge is -2.32. The molecule has 1 saturated heterocycles. The topological polar surface area (TPSA) is 104 Å². The molecule has 7 nitrogen and oxygen atoms in total. The number of rotatable bonds is 9. The Hall–Kier alpha value is -1.92. The van der Waals surface area contributed by atoms with Gasteiger partial charge in [0, 0.05) is 13.0 Å². The fourth-order valence-corrected chi connectivity index (χ4v) is 5.21. The zero-order valence-corrected chi connectivity index (χ0v) is 18.3. The molecule has 1 heterocycles. The van der Waals surface area contributed by atoms with E-state index in [1.54, 1.807) is 4.90 Å². The van der Waals surface area contributed by atoms with E-state index in [1.165, 1.54) is 6.42 Å². The number of ketones is 1. The molecule has 3 atom stereocenters. The largest absolute Gasteiger partial charge is 0.475 e. The average molecular weight is 421 g/mol. The summed E-state index contributed by atoms with van der Waals surface area (Å²) >= 11 is 0. The Bertz CT molecular complexity index is 667. The predicted octanol–water partition coefficient (Wildman–Crippen LogP) is 2.77. The van der Waals surface area contributed by atoms with Crippen LogP contribution in [0.3, 0.4) is 0 Å². The van der Waals surface area contributed by atoms with Crippen LogP contribution < -0.4 is 5.32 Å². The molecule has 0 bridgehead atoms. The first-order valence-corrected chi connectivity index (χ1v) is 11.6. The number of carbonyl (C=O) groups is 4. The highest BCUT2D eigenvalue weighted by Gasteiger charge is 2.44. The van der Waals surface area contributed by atoms with Crippen LogP contribution in [0.5, 0.6) is 0 Å². The van der Waals surface area contributed by atoms with E-state index >= 15 is 0 Å². The molecule has 1 unspecified atom stereocenters. The van der Waals surface area contributed by atoms with Crippen molar-refractivity contribution in [2.75, 3.05) is 6.54 Å². The molecule has 3 rings (SSSR count). The predicted molar refractivity (Wildman–Crippen MR) is 112 cm³/mol. The minimum absolute atomic E-state index is 0.0156. The first-order valence-electron chi connectivity index (χ1n) is 11.6. The van der Waals surface area contributed by atoms with Crippen LogP contribution in [0.4, 0.5) is 0 Å². The average Bonchev–Trinajstić information content (AvgIpc) is 3.40. The molecule has 3 fully saturated rings. The molecule has 1 aliphatic heterocycles. The van der Waals surface area contributed by atoms with Crippen molar-refractivity contribution < 1.29 is 24.3 Å². The maximum absolute atomic E-state index is 13.3. The lowest BCUT2D eigenvalue weighted by molar-refractivity contribution is -0.151. The number of carboxylic acids is 1. The number of aliphatic carboxylic acids is 1. The Morgan fingerprint density at radius 3 is 2.20 bits per heavy atom. The molecule has 2 saturated carbocycles. The van der Waals surface area contributed by atoms with Gasteiger partial charge in [0.1, 0.15) is 6.04 Å². The number of hydrogen-bond donors (Lipinski definition) is 2. The summed E-state index contributed by atoms with van der Waals surface area (Å²) in [5.41, 5.74) is 0. The molecule has 2 aliphatic carbocycles. The van der Waals surface area contributed by atoms with E-state index in [0.29, 0.717) is 31.2 Å². The van der Waals surface area contributed by atoms with Crippen molar-refractivity contribution in [3.8, 4) is 0 Å². The van der Waals surface area contributed by atoms with Gasteiger partial charge < -0.3 is 15.3 Å². The quantitative estimate of drug-likeness (QED) is 0.558. The van der Waals surface area contributed by atoms with Crippen molar-refractivity contribution in [3.63, 3.8) is 0 Å². The summed E-state index contributed by atoms with van der Waals surface area (Å²) in [4.78, 5) is 51.5. The van der Waals surface area contributed by atoms with Crippen LogP contribution in [0.1, 0.15) is 78.1 Å². The van der Waals surface area contributed by atoms with Gasteiger partial charge in [-0.1, -0.05) is 46.0 Å². The number of nitrogens with zero attached hydrogens (tertiary/aromatic N) is 1. The summed E-state index contributed by atoms with van der Waals surface area (Å²) in [5, 5.41) is 11.9. The molecule has 7 heteroatoms. The second-order valence-corrected chi connectivity index (χ2v) is 9.85. The van der Waals surface area contributed by atoms with Gasteiger partial charge in [-0.3, -0.25) is 14.4 Å². The van der Waals surface area contributed by atoms with Crippen LogP contribution in [-0.4, -0.2) is 52.2 Å². The summed E-state index contributed by atoms with van der Waals surface area (Å²) in [6.07, 6.45) is 9.22. The van der Waals surface area contributed by atoms with Crippen molar-refractivity contribution in [2.24, 2.45) is 23.7 Å². The second kappa shape index (κ2) is 9.92. The van der Waals surface area contributed by atoms with Crippen LogP contribution in [0.2, 0.25) is 0 Å². The molecule has 0 aromatic carbocycles. The lowest BCUT2D eigenvalue weighted by atomic mass is 9.86. The molecular weight excluding hydrogens is 384 g/mol. The van der Waals surface area contributed by atoms with Gasteiger partial charge in [0.25, 0.3) is 5.78 Å². The number of hydrogen-bond acceptors (Lipinski definition) is 4.